The van der Waals surface area contributed by atoms with Crippen LogP contribution in [0.15, 0.2) is 24.3 Å². The Balaban J connectivity index is 2.99. The van der Waals surface area contributed by atoms with E-state index in [4.69, 9.17) is 4.74 Å². The van der Waals surface area contributed by atoms with Crippen molar-refractivity contribution in [2.45, 2.75) is 59.5 Å². The van der Waals surface area contributed by atoms with Crippen LogP contribution in [0, 0.1) is 18.8 Å². The fourth-order valence-corrected chi connectivity index (χ4v) is 2.90. The first kappa shape index (κ1) is 21.2. The molecule has 25 heavy (non-hydrogen) atoms. The molecule has 2 N–H and O–H groups in total. The van der Waals surface area contributed by atoms with E-state index in [0.29, 0.717) is 0 Å². The van der Waals surface area contributed by atoms with Crippen LogP contribution in [-0.4, -0.2) is 31.1 Å². The normalized spacial score (nSPS) is 13.6. The van der Waals surface area contributed by atoms with Crippen LogP contribution in [0.25, 0.3) is 0 Å². The minimum absolute atomic E-state index is 0.0245. The molecule has 1 aromatic rings. The number of benzene rings is 1. The highest BCUT2D eigenvalue weighted by Crippen LogP contribution is 2.18. The molecule has 1 rings (SSSR count). The molecule has 0 spiro atoms. The third-order valence-corrected chi connectivity index (χ3v) is 4.60. The van der Waals surface area contributed by atoms with Crippen molar-refractivity contribution in [1.29, 1.82) is 0 Å². The van der Waals surface area contributed by atoms with Crippen molar-refractivity contribution in [2.75, 3.05) is 12.4 Å². The van der Waals surface area contributed by atoms with Gasteiger partial charge in [-0.1, -0.05) is 58.2 Å². The van der Waals surface area contributed by atoms with Gasteiger partial charge in [-0.15, -0.1) is 0 Å². The number of rotatable bonds is 9. The molecule has 1 amide bonds. The third-order valence-electron chi connectivity index (χ3n) is 4.60. The maximum absolute atomic E-state index is 12.9. The quantitative estimate of drug-likeness (QED) is 0.670. The molecule has 5 nitrogen and oxygen atoms in total. The van der Waals surface area contributed by atoms with Gasteiger partial charge in [0, 0.05) is 5.69 Å². The predicted molar refractivity (Wildman–Crippen MR) is 101 cm³/mol. The van der Waals surface area contributed by atoms with Crippen LogP contribution < -0.4 is 10.6 Å². The number of carbonyl (C=O) groups is 2. The zero-order valence-electron chi connectivity index (χ0n) is 16.3. The van der Waals surface area contributed by atoms with Crippen LogP contribution in [0.1, 0.15) is 46.1 Å². The number of methoxy groups -OCH3 is 1. The van der Waals surface area contributed by atoms with Crippen molar-refractivity contribution in [2.24, 2.45) is 11.8 Å². The maximum Gasteiger partial charge on any atom is 0.323 e. The van der Waals surface area contributed by atoms with Gasteiger partial charge in [0.1, 0.15) is 6.04 Å². The first-order chi connectivity index (χ1) is 11.8. The van der Waals surface area contributed by atoms with Crippen LogP contribution in [0.2, 0.25) is 0 Å². The molecule has 140 valence electrons. The first-order valence-electron chi connectivity index (χ1n) is 9.05. The monoisotopic (exact) mass is 348 g/mol. The van der Waals surface area contributed by atoms with E-state index in [1.165, 1.54) is 7.11 Å². The van der Waals surface area contributed by atoms with Crippen molar-refractivity contribution in [1.82, 2.24) is 5.32 Å². The molecule has 0 aromatic heterocycles. The topological polar surface area (TPSA) is 67.4 Å². The largest absolute Gasteiger partial charge is 0.468 e. The molecule has 0 aliphatic rings. The molecule has 0 heterocycles. The first-order valence-corrected chi connectivity index (χ1v) is 9.05. The summed E-state index contributed by atoms with van der Waals surface area (Å²) in [4.78, 5) is 25.0. The Morgan fingerprint density at radius 3 is 2.04 bits per heavy atom. The number of hydrogen-bond donors (Lipinski definition) is 2. The highest BCUT2D eigenvalue weighted by atomic mass is 16.5. The summed E-state index contributed by atoms with van der Waals surface area (Å²) < 4.78 is 4.90. The van der Waals surface area contributed by atoms with E-state index in [-0.39, 0.29) is 23.7 Å². The van der Waals surface area contributed by atoms with Gasteiger partial charge in [0.2, 0.25) is 5.91 Å². The highest BCUT2D eigenvalue weighted by molar-refractivity contribution is 5.95. The number of esters is 1. The Hall–Kier alpha value is -1.88. The number of carbonyl (C=O) groups excluding carboxylic acids is 2. The lowest BCUT2D eigenvalue weighted by Gasteiger charge is -2.30. The molecular weight excluding hydrogens is 316 g/mol. The van der Waals surface area contributed by atoms with Crippen molar-refractivity contribution < 1.29 is 14.3 Å². The SMILES string of the molecule is CCC(CC)C(N[C@H](C(=O)OC)C(C)C)C(=O)Nc1ccc(C)cc1. The Bertz CT molecular complexity index is 551. The third kappa shape index (κ3) is 6.16. The molecule has 0 saturated carbocycles. The van der Waals surface area contributed by atoms with Crippen LogP contribution in [0.5, 0.6) is 0 Å². The molecule has 2 atom stereocenters. The van der Waals surface area contributed by atoms with E-state index in [0.717, 1.165) is 24.1 Å². The van der Waals surface area contributed by atoms with Gasteiger partial charge in [-0.05, 0) is 30.9 Å². The average Bonchev–Trinajstić information content (AvgIpc) is 2.59. The second-order valence-electron chi connectivity index (χ2n) is 6.82. The summed E-state index contributed by atoms with van der Waals surface area (Å²) in [7, 11) is 1.37. The number of amides is 1. The van der Waals surface area contributed by atoms with Gasteiger partial charge in [-0.3, -0.25) is 14.9 Å². The maximum atomic E-state index is 12.9. The average molecular weight is 348 g/mol. The van der Waals surface area contributed by atoms with Crippen molar-refractivity contribution >= 4 is 17.6 Å². The van der Waals surface area contributed by atoms with E-state index < -0.39 is 12.1 Å². The number of aryl methyl sites for hydroxylation is 1. The second-order valence-corrected chi connectivity index (χ2v) is 6.82. The molecule has 0 aliphatic heterocycles. The van der Waals surface area contributed by atoms with Gasteiger partial charge in [0.15, 0.2) is 0 Å². The van der Waals surface area contributed by atoms with Gasteiger partial charge in [0.05, 0.1) is 13.2 Å². The van der Waals surface area contributed by atoms with Gasteiger partial charge < -0.3 is 10.1 Å². The number of hydrogen-bond acceptors (Lipinski definition) is 4. The molecule has 0 saturated heterocycles. The predicted octanol–water partition coefficient (Wildman–Crippen LogP) is 3.53. The van der Waals surface area contributed by atoms with E-state index >= 15 is 0 Å². The minimum Gasteiger partial charge on any atom is -0.468 e. The zero-order valence-corrected chi connectivity index (χ0v) is 16.3. The Kier molecular flexibility index (Phi) is 8.62. The summed E-state index contributed by atoms with van der Waals surface area (Å²) in [5.74, 6) is -0.297. The second kappa shape index (κ2) is 10.2. The highest BCUT2D eigenvalue weighted by Gasteiger charge is 2.33. The van der Waals surface area contributed by atoms with Gasteiger partial charge in [-0.2, -0.15) is 0 Å². The lowest BCUT2D eigenvalue weighted by atomic mass is 9.91. The Morgan fingerprint density at radius 2 is 1.60 bits per heavy atom. The van der Waals surface area contributed by atoms with Crippen LogP contribution in [0.4, 0.5) is 5.69 Å². The molecule has 0 fully saturated rings. The summed E-state index contributed by atoms with van der Waals surface area (Å²) in [6.07, 6.45) is 1.70. The van der Waals surface area contributed by atoms with Crippen LogP contribution in [0.3, 0.4) is 0 Å². The Labute approximate surface area is 151 Å². The van der Waals surface area contributed by atoms with E-state index in [1.54, 1.807) is 0 Å². The van der Waals surface area contributed by atoms with Gasteiger partial charge in [-0.25, -0.2) is 0 Å². The number of anilines is 1. The fourth-order valence-electron chi connectivity index (χ4n) is 2.90. The van der Waals surface area contributed by atoms with Gasteiger partial charge >= 0.3 is 5.97 Å². The van der Waals surface area contributed by atoms with Crippen LogP contribution >= 0.6 is 0 Å². The summed E-state index contributed by atoms with van der Waals surface area (Å²) in [6.45, 7) is 10.0. The van der Waals surface area contributed by atoms with Crippen LogP contribution in [-0.2, 0) is 14.3 Å². The smallest absolute Gasteiger partial charge is 0.323 e. The standard InChI is InChI=1S/C20H32N2O3/c1-7-15(8-2)18(22-17(13(3)4)20(24)25-6)19(23)21-16-11-9-14(5)10-12-16/h9-13,15,17-18,22H,7-8H2,1-6H3,(H,21,23)/t17-,18?/m0/s1. The molecule has 0 aliphatic carbocycles. The summed E-state index contributed by atoms with van der Waals surface area (Å²) in [5, 5.41) is 6.22. The number of ether oxygens (including phenoxy) is 1. The molecule has 0 bridgehead atoms. The minimum atomic E-state index is -0.514. The zero-order chi connectivity index (χ0) is 19.0. The fraction of sp³-hybridized carbons (Fsp3) is 0.600. The number of nitrogens with one attached hydrogen (secondary N) is 2. The molecule has 1 aromatic carbocycles. The van der Waals surface area contributed by atoms with Crippen molar-refractivity contribution in [3.63, 3.8) is 0 Å². The van der Waals surface area contributed by atoms with Gasteiger partial charge in [0.25, 0.3) is 0 Å². The van der Waals surface area contributed by atoms with Crippen molar-refractivity contribution in [3.8, 4) is 0 Å². The molecule has 1 unspecified atom stereocenters. The van der Waals surface area contributed by atoms with E-state index in [9.17, 15) is 9.59 Å². The lowest BCUT2D eigenvalue weighted by Crippen LogP contribution is -2.54. The molecular formula is C20H32N2O3. The molecule has 0 radical (unpaired) electrons. The lowest BCUT2D eigenvalue weighted by molar-refractivity contribution is -0.144. The summed E-state index contributed by atoms with van der Waals surface area (Å²) >= 11 is 0. The Morgan fingerprint density at radius 1 is 1.04 bits per heavy atom. The van der Waals surface area contributed by atoms with E-state index in [1.807, 2.05) is 45.0 Å². The van der Waals surface area contributed by atoms with Crippen molar-refractivity contribution in [3.05, 3.63) is 29.8 Å². The summed E-state index contributed by atoms with van der Waals surface area (Å²) in [5.41, 5.74) is 1.89. The summed E-state index contributed by atoms with van der Waals surface area (Å²) in [6, 6.07) is 6.72. The molecule has 5 heteroatoms. The van der Waals surface area contributed by atoms with E-state index in [2.05, 4.69) is 24.5 Å².